The molecule has 0 saturated carbocycles. The lowest BCUT2D eigenvalue weighted by atomic mass is 10.2. The van der Waals surface area contributed by atoms with Gasteiger partial charge in [-0.25, -0.2) is 0 Å². The van der Waals surface area contributed by atoms with Gasteiger partial charge in [-0.1, -0.05) is 0 Å². The van der Waals surface area contributed by atoms with Crippen LogP contribution in [0, 0.1) is 6.92 Å². The van der Waals surface area contributed by atoms with Gasteiger partial charge >= 0.3 is 6.01 Å². The molecule has 19 heavy (non-hydrogen) atoms. The highest BCUT2D eigenvalue weighted by atomic mass is 35.5. The van der Waals surface area contributed by atoms with Crippen molar-refractivity contribution in [3.8, 4) is 11.8 Å². The number of hydrogen-bond donors (Lipinski definition) is 1. The van der Waals surface area contributed by atoms with E-state index in [1.807, 2.05) is 25.1 Å². The predicted molar refractivity (Wildman–Crippen MR) is 72.4 cm³/mol. The van der Waals surface area contributed by atoms with Crippen molar-refractivity contribution in [1.29, 1.82) is 0 Å². The van der Waals surface area contributed by atoms with Crippen LogP contribution in [0.5, 0.6) is 11.8 Å². The summed E-state index contributed by atoms with van der Waals surface area (Å²) >= 11 is 5.78. The fraction of sp³-hybridized carbons (Fsp3) is 0.250. The smallest absolute Gasteiger partial charge is 0.322 e. The van der Waals surface area contributed by atoms with Gasteiger partial charge in [-0.15, -0.1) is 0 Å². The van der Waals surface area contributed by atoms with E-state index < -0.39 is 0 Å². The van der Waals surface area contributed by atoms with E-state index in [2.05, 4.69) is 20.3 Å². The molecule has 0 radical (unpaired) electrons. The molecule has 1 aromatic carbocycles. The lowest BCUT2D eigenvalue weighted by molar-refractivity contribution is 0.379. The molecule has 0 unspecified atom stereocenters. The van der Waals surface area contributed by atoms with Gasteiger partial charge in [0.15, 0.2) is 0 Å². The van der Waals surface area contributed by atoms with Gasteiger partial charge in [-0.2, -0.15) is 15.0 Å². The molecule has 0 aliphatic carbocycles. The molecular weight excluding hydrogens is 268 g/mol. The molecule has 0 saturated heterocycles. The summed E-state index contributed by atoms with van der Waals surface area (Å²) in [6, 6.07) is 5.78. The van der Waals surface area contributed by atoms with E-state index in [9.17, 15) is 0 Å². The van der Waals surface area contributed by atoms with Crippen molar-refractivity contribution in [3.63, 3.8) is 0 Å². The number of rotatable bonds is 4. The fourth-order valence-corrected chi connectivity index (χ4v) is 1.66. The normalized spacial score (nSPS) is 10.1. The average Bonchev–Trinajstić information content (AvgIpc) is 2.40. The minimum Gasteiger partial charge on any atom is -0.497 e. The van der Waals surface area contributed by atoms with Gasteiger partial charge in [-0.3, -0.25) is 0 Å². The molecule has 0 amide bonds. The molecule has 6 nitrogen and oxygen atoms in total. The highest BCUT2D eigenvalue weighted by Crippen LogP contribution is 2.24. The third-order valence-corrected chi connectivity index (χ3v) is 2.62. The Balaban J connectivity index is 2.28. The molecular formula is C12H13ClN4O2. The number of anilines is 2. The van der Waals surface area contributed by atoms with Gasteiger partial charge < -0.3 is 14.8 Å². The second-order valence-electron chi connectivity index (χ2n) is 3.72. The maximum Gasteiger partial charge on any atom is 0.322 e. The van der Waals surface area contributed by atoms with Crippen molar-refractivity contribution >= 4 is 23.2 Å². The van der Waals surface area contributed by atoms with E-state index in [-0.39, 0.29) is 11.3 Å². The van der Waals surface area contributed by atoms with Crippen LogP contribution in [0.1, 0.15) is 5.56 Å². The van der Waals surface area contributed by atoms with Crippen molar-refractivity contribution in [2.45, 2.75) is 6.92 Å². The number of aromatic nitrogens is 3. The summed E-state index contributed by atoms with van der Waals surface area (Å²) in [5.74, 6) is 1.11. The first-order valence-corrected chi connectivity index (χ1v) is 5.87. The third kappa shape index (κ3) is 3.23. The molecule has 0 bridgehead atoms. The summed E-state index contributed by atoms with van der Waals surface area (Å²) < 4.78 is 10.1. The second-order valence-corrected chi connectivity index (χ2v) is 4.06. The zero-order valence-corrected chi connectivity index (χ0v) is 11.5. The van der Waals surface area contributed by atoms with Gasteiger partial charge in [0.2, 0.25) is 11.2 Å². The maximum atomic E-state index is 5.78. The van der Waals surface area contributed by atoms with E-state index >= 15 is 0 Å². The van der Waals surface area contributed by atoms with Crippen molar-refractivity contribution < 1.29 is 9.47 Å². The topological polar surface area (TPSA) is 69.2 Å². The lowest BCUT2D eigenvalue weighted by Gasteiger charge is -2.10. The van der Waals surface area contributed by atoms with Crippen LogP contribution in [-0.4, -0.2) is 29.2 Å². The number of ether oxygens (including phenoxy) is 2. The number of benzene rings is 1. The molecule has 2 rings (SSSR count). The molecule has 2 aromatic rings. The highest BCUT2D eigenvalue weighted by molar-refractivity contribution is 6.28. The monoisotopic (exact) mass is 280 g/mol. The number of aryl methyl sites for hydroxylation is 1. The van der Waals surface area contributed by atoms with Gasteiger partial charge in [0.1, 0.15) is 5.75 Å². The quantitative estimate of drug-likeness (QED) is 0.928. The first-order valence-electron chi connectivity index (χ1n) is 5.49. The Morgan fingerprint density at radius 3 is 2.53 bits per heavy atom. The average molecular weight is 281 g/mol. The fourth-order valence-electron chi connectivity index (χ4n) is 1.50. The van der Waals surface area contributed by atoms with E-state index in [0.29, 0.717) is 5.95 Å². The number of halogens is 1. The SMILES string of the molecule is COc1ccc(Nc2nc(Cl)nc(OC)n2)c(C)c1. The van der Waals surface area contributed by atoms with Crippen molar-refractivity contribution in [3.05, 3.63) is 29.0 Å². The van der Waals surface area contributed by atoms with Crippen molar-refractivity contribution in [2.75, 3.05) is 19.5 Å². The van der Waals surface area contributed by atoms with Crippen LogP contribution in [0.2, 0.25) is 5.28 Å². The molecule has 100 valence electrons. The molecule has 7 heteroatoms. The largest absolute Gasteiger partial charge is 0.497 e. The van der Waals surface area contributed by atoms with Crippen molar-refractivity contribution in [2.24, 2.45) is 0 Å². The van der Waals surface area contributed by atoms with E-state index in [0.717, 1.165) is 17.0 Å². The summed E-state index contributed by atoms with van der Waals surface area (Å²) in [4.78, 5) is 11.8. The van der Waals surface area contributed by atoms with E-state index in [4.69, 9.17) is 21.1 Å². The Hall–Kier alpha value is -2.08. The molecule has 1 heterocycles. The number of nitrogens with one attached hydrogen (secondary N) is 1. The van der Waals surface area contributed by atoms with Crippen molar-refractivity contribution in [1.82, 2.24) is 15.0 Å². The standard InChI is InChI=1S/C12H13ClN4O2/c1-7-6-8(18-2)4-5-9(7)14-11-15-10(13)16-12(17-11)19-3/h4-6H,1-3H3,(H,14,15,16,17). The van der Waals surface area contributed by atoms with Crippen LogP contribution in [-0.2, 0) is 0 Å². The van der Waals surface area contributed by atoms with Crippen LogP contribution >= 0.6 is 11.6 Å². The van der Waals surface area contributed by atoms with Gasteiger partial charge in [0.25, 0.3) is 0 Å². The van der Waals surface area contributed by atoms with Crippen LogP contribution in [0.3, 0.4) is 0 Å². The summed E-state index contributed by atoms with van der Waals surface area (Å²) in [6.45, 7) is 1.95. The molecule has 0 spiro atoms. The third-order valence-electron chi connectivity index (χ3n) is 2.45. The molecule has 1 N–H and O–H groups in total. The minimum absolute atomic E-state index is 0.0699. The molecule has 0 aliphatic rings. The van der Waals surface area contributed by atoms with Crippen LogP contribution < -0.4 is 14.8 Å². The Labute approximate surface area is 115 Å². The number of methoxy groups -OCH3 is 2. The number of nitrogens with zero attached hydrogens (tertiary/aromatic N) is 3. The molecule has 1 aromatic heterocycles. The number of hydrogen-bond acceptors (Lipinski definition) is 6. The maximum absolute atomic E-state index is 5.78. The molecule has 0 aliphatic heterocycles. The Bertz CT molecular complexity index is 592. The predicted octanol–water partition coefficient (Wildman–Crippen LogP) is 2.59. The minimum atomic E-state index is 0.0699. The van der Waals surface area contributed by atoms with Crippen LogP contribution in [0.15, 0.2) is 18.2 Å². The zero-order chi connectivity index (χ0) is 13.8. The highest BCUT2D eigenvalue weighted by Gasteiger charge is 2.07. The Morgan fingerprint density at radius 1 is 1.11 bits per heavy atom. The van der Waals surface area contributed by atoms with E-state index in [1.54, 1.807) is 7.11 Å². The summed E-state index contributed by atoms with van der Waals surface area (Å²) in [7, 11) is 3.09. The molecule has 0 fully saturated rings. The van der Waals surface area contributed by atoms with E-state index in [1.165, 1.54) is 7.11 Å². The van der Waals surface area contributed by atoms with Gasteiger partial charge in [0.05, 0.1) is 14.2 Å². The summed E-state index contributed by atoms with van der Waals surface area (Å²) in [5, 5.41) is 3.13. The second kappa shape index (κ2) is 5.71. The Morgan fingerprint density at radius 2 is 1.89 bits per heavy atom. The zero-order valence-electron chi connectivity index (χ0n) is 10.8. The van der Waals surface area contributed by atoms with Crippen LogP contribution in [0.4, 0.5) is 11.6 Å². The first-order chi connectivity index (χ1) is 9.12. The van der Waals surface area contributed by atoms with Gasteiger partial charge in [0, 0.05) is 5.69 Å². The summed E-state index contributed by atoms with van der Waals surface area (Å²) in [6.07, 6.45) is 0. The molecule has 0 atom stereocenters. The van der Waals surface area contributed by atoms with Crippen LogP contribution in [0.25, 0.3) is 0 Å². The first kappa shape index (κ1) is 13.4. The summed E-state index contributed by atoms with van der Waals surface area (Å²) in [5.41, 5.74) is 1.85. The lowest BCUT2D eigenvalue weighted by Crippen LogP contribution is -2.02. The Kier molecular flexibility index (Phi) is 4.01. The van der Waals surface area contributed by atoms with Gasteiger partial charge in [-0.05, 0) is 42.3 Å².